The van der Waals surface area contributed by atoms with Gasteiger partial charge in [-0.3, -0.25) is 4.79 Å². The minimum Gasteiger partial charge on any atom is -0.452 e. The van der Waals surface area contributed by atoms with Crippen LogP contribution in [-0.4, -0.2) is 40.0 Å². The molecule has 0 radical (unpaired) electrons. The molecule has 2 N–H and O–H groups in total. The van der Waals surface area contributed by atoms with Gasteiger partial charge < -0.3 is 10.1 Å². The van der Waals surface area contributed by atoms with Crippen LogP contribution >= 0.6 is 0 Å². The fourth-order valence-corrected chi connectivity index (χ4v) is 4.60. The maximum Gasteiger partial charge on any atom is 0.338 e. The van der Waals surface area contributed by atoms with E-state index in [1.165, 1.54) is 24.3 Å². The quantitative estimate of drug-likeness (QED) is 0.409. The van der Waals surface area contributed by atoms with Gasteiger partial charge in [-0.1, -0.05) is 67.6 Å². The Labute approximate surface area is 200 Å². The zero-order valence-corrected chi connectivity index (χ0v) is 19.8. The van der Waals surface area contributed by atoms with Crippen molar-refractivity contribution >= 4 is 21.9 Å². The highest BCUT2D eigenvalue weighted by molar-refractivity contribution is 7.89. The summed E-state index contributed by atoms with van der Waals surface area (Å²) in [6.45, 7) is 1.94. The average Bonchev–Trinajstić information content (AvgIpc) is 2.86. The Kier molecular flexibility index (Phi) is 8.95. The van der Waals surface area contributed by atoms with Crippen molar-refractivity contribution in [2.75, 3.05) is 19.7 Å². The highest BCUT2D eigenvalue weighted by Crippen LogP contribution is 2.27. The standard InChI is InChI=1S/C26H28N2O5S/c1-2-28-34(31,32)23-15-13-22(14-16-23)26(30)33-19-25(29)27-18-17-24(20-9-5-3-6-10-20)21-11-7-4-8-12-21/h3-16,24,28H,2,17-19H2,1H3,(H,27,29). The monoisotopic (exact) mass is 480 g/mol. The molecule has 1 amide bonds. The first-order valence-electron chi connectivity index (χ1n) is 11.0. The number of hydrogen-bond donors (Lipinski definition) is 2. The van der Waals surface area contributed by atoms with Crippen molar-refractivity contribution < 1.29 is 22.7 Å². The first kappa shape index (κ1) is 25.1. The number of carbonyl (C=O) groups excluding carboxylic acids is 2. The van der Waals surface area contributed by atoms with Crippen molar-refractivity contribution in [3.05, 3.63) is 102 Å². The number of ether oxygens (including phenoxy) is 1. The maximum atomic E-state index is 12.2. The van der Waals surface area contributed by atoms with Gasteiger partial charge in [-0.2, -0.15) is 0 Å². The predicted octanol–water partition coefficient (Wildman–Crippen LogP) is 3.48. The summed E-state index contributed by atoms with van der Waals surface area (Å²) in [7, 11) is -3.60. The number of amides is 1. The second-order valence-electron chi connectivity index (χ2n) is 7.61. The van der Waals surface area contributed by atoms with Gasteiger partial charge in [0.1, 0.15) is 0 Å². The fraction of sp³-hybridized carbons (Fsp3) is 0.231. The molecule has 178 valence electrons. The van der Waals surface area contributed by atoms with Crippen LogP contribution in [0.4, 0.5) is 0 Å². The summed E-state index contributed by atoms with van der Waals surface area (Å²) in [6, 6.07) is 25.5. The largest absolute Gasteiger partial charge is 0.452 e. The zero-order chi connectivity index (χ0) is 24.4. The molecule has 0 saturated heterocycles. The Morgan fingerprint density at radius 3 is 1.94 bits per heavy atom. The molecule has 0 bridgehead atoms. The lowest BCUT2D eigenvalue weighted by Gasteiger charge is -2.18. The number of benzene rings is 3. The second-order valence-corrected chi connectivity index (χ2v) is 9.38. The molecule has 0 aliphatic rings. The van der Waals surface area contributed by atoms with Crippen molar-refractivity contribution in [3.8, 4) is 0 Å². The highest BCUT2D eigenvalue weighted by Gasteiger charge is 2.16. The molecule has 3 aromatic rings. The summed E-state index contributed by atoms with van der Waals surface area (Å²) >= 11 is 0. The Bertz CT molecular complexity index is 1140. The summed E-state index contributed by atoms with van der Waals surface area (Å²) in [4.78, 5) is 24.5. The van der Waals surface area contributed by atoms with E-state index in [1.54, 1.807) is 6.92 Å². The molecule has 7 nitrogen and oxygen atoms in total. The molecule has 0 aliphatic heterocycles. The third-order valence-electron chi connectivity index (χ3n) is 5.23. The first-order valence-corrected chi connectivity index (χ1v) is 12.5. The predicted molar refractivity (Wildman–Crippen MR) is 130 cm³/mol. The number of hydrogen-bond acceptors (Lipinski definition) is 5. The lowest BCUT2D eigenvalue weighted by atomic mass is 9.88. The number of nitrogens with one attached hydrogen (secondary N) is 2. The van der Waals surface area contributed by atoms with Crippen molar-refractivity contribution in [1.29, 1.82) is 0 Å². The van der Waals surface area contributed by atoms with Crippen LogP contribution < -0.4 is 10.0 Å². The number of carbonyl (C=O) groups is 2. The van der Waals surface area contributed by atoms with Gasteiger partial charge in [0, 0.05) is 19.0 Å². The molecule has 0 atom stereocenters. The topological polar surface area (TPSA) is 102 Å². The fourth-order valence-electron chi connectivity index (χ4n) is 3.56. The van der Waals surface area contributed by atoms with Crippen LogP contribution in [0.2, 0.25) is 0 Å². The Balaban J connectivity index is 1.50. The van der Waals surface area contributed by atoms with E-state index in [-0.39, 0.29) is 22.9 Å². The molecule has 0 saturated carbocycles. The molecule has 0 unspecified atom stereocenters. The van der Waals surface area contributed by atoms with Gasteiger partial charge in [0.2, 0.25) is 10.0 Å². The third kappa shape index (κ3) is 7.00. The number of sulfonamides is 1. The molecule has 3 rings (SSSR count). The summed E-state index contributed by atoms with van der Waals surface area (Å²) in [5.74, 6) is -0.976. The minimum absolute atomic E-state index is 0.0510. The van der Waals surface area contributed by atoms with Crippen molar-refractivity contribution in [3.63, 3.8) is 0 Å². The SMILES string of the molecule is CCNS(=O)(=O)c1ccc(C(=O)OCC(=O)NCCC(c2ccccc2)c2ccccc2)cc1. The lowest BCUT2D eigenvalue weighted by molar-refractivity contribution is -0.124. The van der Waals surface area contributed by atoms with Gasteiger partial charge >= 0.3 is 5.97 Å². The van der Waals surface area contributed by atoms with Crippen LogP contribution in [0.5, 0.6) is 0 Å². The van der Waals surface area contributed by atoms with Gasteiger partial charge in [-0.15, -0.1) is 0 Å². The van der Waals surface area contributed by atoms with E-state index in [0.717, 1.165) is 11.1 Å². The van der Waals surface area contributed by atoms with Crippen molar-refractivity contribution in [1.82, 2.24) is 10.0 Å². The molecule has 0 fully saturated rings. The second kappa shape index (κ2) is 12.1. The molecule has 3 aromatic carbocycles. The van der Waals surface area contributed by atoms with E-state index in [0.29, 0.717) is 13.0 Å². The van der Waals surface area contributed by atoms with Gasteiger partial charge in [-0.05, 0) is 41.8 Å². The zero-order valence-electron chi connectivity index (χ0n) is 18.9. The lowest BCUT2D eigenvalue weighted by Crippen LogP contribution is -2.30. The van der Waals surface area contributed by atoms with Crippen molar-refractivity contribution in [2.24, 2.45) is 0 Å². The van der Waals surface area contributed by atoms with Crippen LogP contribution in [0.3, 0.4) is 0 Å². The number of rotatable bonds is 11. The van der Waals surface area contributed by atoms with Crippen LogP contribution in [0.15, 0.2) is 89.8 Å². The molecule has 34 heavy (non-hydrogen) atoms. The van der Waals surface area contributed by atoms with E-state index >= 15 is 0 Å². The van der Waals surface area contributed by atoms with Crippen LogP contribution in [0, 0.1) is 0 Å². The highest BCUT2D eigenvalue weighted by atomic mass is 32.2. The Morgan fingerprint density at radius 1 is 0.853 bits per heavy atom. The van der Waals surface area contributed by atoms with Gasteiger partial charge in [0.15, 0.2) is 6.61 Å². The van der Waals surface area contributed by atoms with E-state index in [1.807, 2.05) is 36.4 Å². The van der Waals surface area contributed by atoms with Crippen LogP contribution in [0.25, 0.3) is 0 Å². The Hall–Kier alpha value is -3.49. The number of esters is 1. The van der Waals surface area contributed by atoms with E-state index in [4.69, 9.17) is 4.74 Å². The molecular weight excluding hydrogens is 452 g/mol. The van der Waals surface area contributed by atoms with E-state index in [9.17, 15) is 18.0 Å². The summed E-state index contributed by atoms with van der Waals surface area (Å²) in [5, 5.41) is 2.80. The van der Waals surface area contributed by atoms with Gasteiger partial charge in [0.25, 0.3) is 5.91 Å². The molecule has 0 aromatic heterocycles. The van der Waals surface area contributed by atoms with Gasteiger partial charge in [0.05, 0.1) is 10.5 Å². The molecule has 0 spiro atoms. The van der Waals surface area contributed by atoms with E-state index < -0.39 is 28.5 Å². The third-order valence-corrected chi connectivity index (χ3v) is 6.79. The minimum atomic E-state index is -3.60. The summed E-state index contributed by atoms with van der Waals surface area (Å²) < 4.78 is 31.4. The van der Waals surface area contributed by atoms with Crippen LogP contribution in [0.1, 0.15) is 40.7 Å². The average molecular weight is 481 g/mol. The summed E-state index contributed by atoms with van der Waals surface area (Å²) in [6.07, 6.45) is 0.690. The van der Waals surface area contributed by atoms with Crippen molar-refractivity contribution in [2.45, 2.75) is 24.2 Å². The molecular formula is C26H28N2O5S. The molecule has 0 heterocycles. The normalized spacial score (nSPS) is 11.2. The molecule has 0 aliphatic carbocycles. The van der Waals surface area contributed by atoms with Gasteiger partial charge in [-0.25, -0.2) is 17.9 Å². The summed E-state index contributed by atoms with van der Waals surface area (Å²) in [5.41, 5.74) is 2.49. The first-order chi connectivity index (χ1) is 16.4. The van der Waals surface area contributed by atoms with E-state index in [2.05, 4.69) is 34.3 Å². The molecule has 8 heteroatoms. The Morgan fingerprint density at radius 2 is 1.41 bits per heavy atom. The smallest absolute Gasteiger partial charge is 0.338 e. The maximum absolute atomic E-state index is 12.2. The van der Waals surface area contributed by atoms with Crippen LogP contribution in [-0.2, 0) is 19.6 Å².